The topological polar surface area (TPSA) is 59.3 Å². The van der Waals surface area contributed by atoms with E-state index in [9.17, 15) is 9.59 Å². The van der Waals surface area contributed by atoms with E-state index < -0.39 is 5.91 Å². The lowest BCUT2D eigenvalue weighted by molar-refractivity contribution is 0.0886. The Balaban J connectivity index is 1.66. The van der Waals surface area contributed by atoms with Crippen molar-refractivity contribution in [1.82, 2.24) is 5.32 Å². The quantitative estimate of drug-likeness (QED) is 0.708. The summed E-state index contributed by atoms with van der Waals surface area (Å²) in [5.74, 6) is 0.0188. The molecule has 0 bridgehead atoms. The maximum absolute atomic E-state index is 12.1. The van der Waals surface area contributed by atoms with Gasteiger partial charge < -0.3 is 9.73 Å². The van der Waals surface area contributed by atoms with Gasteiger partial charge in [0.15, 0.2) is 11.5 Å². The second-order valence-electron chi connectivity index (χ2n) is 5.12. The van der Waals surface area contributed by atoms with Crippen molar-refractivity contribution >= 4 is 23.3 Å². The van der Waals surface area contributed by atoms with Gasteiger partial charge in [-0.05, 0) is 24.3 Å². The van der Waals surface area contributed by atoms with Gasteiger partial charge in [-0.3, -0.25) is 9.59 Å². The average molecular weight is 340 g/mol. The standard InChI is InChI=1S/C19H14ClNO3/c20-15-9-5-4-8-14(15)17-10-11-18(24-17)19(23)21-12-16(22)13-6-2-1-3-7-13/h1-11H,12H2,(H,21,23). The fourth-order valence-electron chi connectivity index (χ4n) is 2.24. The number of benzene rings is 2. The van der Waals surface area contributed by atoms with E-state index in [-0.39, 0.29) is 18.1 Å². The summed E-state index contributed by atoms with van der Waals surface area (Å²) in [7, 11) is 0. The highest BCUT2D eigenvalue weighted by Crippen LogP contribution is 2.28. The van der Waals surface area contributed by atoms with E-state index in [4.69, 9.17) is 16.0 Å². The molecule has 0 aliphatic heterocycles. The molecule has 0 aliphatic rings. The van der Waals surface area contributed by atoms with Crippen LogP contribution in [0.4, 0.5) is 0 Å². The maximum atomic E-state index is 12.1. The molecule has 1 N–H and O–H groups in total. The average Bonchev–Trinajstić information content (AvgIpc) is 3.10. The van der Waals surface area contributed by atoms with Crippen molar-refractivity contribution in [1.29, 1.82) is 0 Å². The first-order valence-electron chi connectivity index (χ1n) is 7.36. The molecule has 1 aromatic heterocycles. The molecule has 0 atom stereocenters. The first-order valence-corrected chi connectivity index (χ1v) is 7.74. The monoisotopic (exact) mass is 339 g/mol. The van der Waals surface area contributed by atoms with Gasteiger partial charge >= 0.3 is 0 Å². The third kappa shape index (κ3) is 3.55. The lowest BCUT2D eigenvalue weighted by atomic mass is 10.1. The van der Waals surface area contributed by atoms with Crippen molar-refractivity contribution in [3.8, 4) is 11.3 Å². The molecule has 0 saturated heterocycles. The van der Waals surface area contributed by atoms with E-state index in [1.807, 2.05) is 24.3 Å². The zero-order chi connectivity index (χ0) is 16.9. The van der Waals surface area contributed by atoms with Gasteiger partial charge in [-0.1, -0.05) is 54.1 Å². The molecule has 0 aliphatic carbocycles. The second-order valence-corrected chi connectivity index (χ2v) is 5.52. The molecule has 0 unspecified atom stereocenters. The third-order valence-corrected chi connectivity index (χ3v) is 3.80. The molecule has 1 amide bonds. The van der Waals surface area contributed by atoms with Crippen molar-refractivity contribution in [3.05, 3.63) is 83.1 Å². The number of halogens is 1. The summed E-state index contributed by atoms with van der Waals surface area (Å²) in [5, 5.41) is 3.10. The summed E-state index contributed by atoms with van der Waals surface area (Å²) in [5.41, 5.74) is 1.26. The minimum absolute atomic E-state index is 0.0923. The molecule has 4 nitrogen and oxygen atoms in total. The highest BCUT2D eigenvalue weighted by Gasteiger charge is 2.15. The second kappa shape index (κ2) is 7.15. The molecule has 2 aromatic carbocycles. The van der Waals surface area contributed by atoms with Crippen LogP contribution in [-0.4, -0.2) is 18.2 Å². The van der Waals surface area contributed by atoms with Gasteiger partial charge in [0, 0.05) is 11.1 Å². The Labute approximate surface area is 144 Å². The van der Waals surface area contributed by atoms with E-state index in [1.54, 1.807) is 42.5 Å². The van der Waals surface area contributed by atoms with Gasteiger partial charge in [0.05, 0.1) is 11.6 Å². The molecule has 0 saturated carbocycles. The Bertz CT molecular complexity index is 871. The Morgan fingerprint density at radius 2 is 1.62 bits per heavy atom. The van der Waals surface area contributed by atoms with Gasteiger partial charge in [-0.2, -0.15) is 0 Å². The highest BCUT2D eigenvalue weighted by atomic mass is 35.5. The smallest absolute Gasteiger partial charge is 0.287 e. The number of carbonyl (C=O) groups is 2. The zero-order valence-electron chi connectivity index (χ0n) is 12.7. The summed E-state index contributed by atoms with van der Waals surface area (Å²) >= 11 is 6.11. The fourth-order valence-corrected chi connectivity index (χ4v) is 2.47. The van der Waals surface area contributed by atoms with Gasteiger partial charge in [-0.15, -0.1) is 0 Å². The molecule has 24 heavy (non-hydrogen) atoms. The SMILES string of the molecule is O=C(CNC(=O)c1ccc(-c2ccccc2Cl)o1)c1ccccc1. The summed E-state index contributed by atoms with van der Waals surface area (Å²) in [6.07, 6.45) is 0. The molecule has 0 radical (unpaired) electrons. The summed E-state index contributed by atoms with van der Waals surface area (Å²) in [6.45, 7) is -0.0923. The number of ketones is 1. The van der Waals surface area contributed by atoms with Crippen LogP contribution >= 0.6 is 11.6 Å². The lowest BCUT2D eigenvalue weighted by Crippen LogP contribution is -2.29. The third-order valence-electron chi connectivity index (χ3n) is 3.47. The zero-order valence-corrected chi connectivity index (χ0v) is 13.4. The molecule has 0 fully saturated rings. The number of hydrogen-bond donors (Lipinski definition) is 1. The minimum atomic E-state index is -0.447. The van der Waals surface area contributed by atoms with Gasteiger partial charge in [0.2, 0.25) is 0 Å². The van der Waals surface area contributed by atoms with Crippen LogP contribution in [0.5, 0.6) is 0 Å². The normalized spacial score (nSPS) is 10.4. The number of carbonyl (C=O) groups excluding carboxylic acids is 2. The summed E-state index contributed by atoms with van der Waals surface area (Å²) in [6, 6.07) is 19.2. The van der Waals surface area contributed by atoms with E-state index in [0.29, 0.717) is 21.9 Å². The van der Waals surface area contributed by atoms with Crippen LogP contribution in [0.15, 0.2) is 71.1 Å². The molecular weight excluding hydrogens is 326 g/mol. The first kappa shape index (κ1) is 16.0. The molecule has 1 heterocycles. The van der Waals surface area contributed by atoms with E-state index >= 15 is 0 Å². The van der Waals surface area contributed by atoms with Gasteiger partial charge in [-0.25, -0.2) is 0 Å². The van der Waals surface area contributed by atoms with Crippen LogP contribution in [0.3, 0.4) is 0 Å². The van der Waals surface area contributed by atoms with Crippen molar-refractivity contribution < 1.29 is 14.0 Å². The highest BCUT2D eigenvalue weighted by molar-refractivity contribution is 6.33. The number of furan rings is 1. The van der Waals surface area contributed by atoms with Gasteiger partial charge in [0.25, 0.3) is 5.91 Å². The Morgan fingerprint density at radius 1 is 0.917 bits per heavy atom. The van der Waals surface area contributed by atoms with Crippen molar-refractivity contribution in [2.75, 3.05) is 6.54 Å². The van der Waals surface area contributed by atoms with Gasteiger partial charge in [0.1, 0.15) is 5.76 Å². The number of rotatable bonds is 5. The number of amides is 1. The Morgan fingerprint density at radius 3 is 2.38 bits per heavy atom. The Hall–Kier alpha value is -2.85. The van der Waals surface area contributed by atoms with E-state index in [2.05, 4.69) is 5.32 Å². The predicted molar refractivity (Wildman–Crippen MR) is 92.3 cm³/mol. The molecule has 120 valence electrons. The van der Waals surface area contributed by atoms with Crippen molar-refractivity contribution in [2.24, 2.45) is 0 Å². The van der Waals surface area contributed by atoms with E-state index in [0.717, 1.165) is 0 Å². The largest absolute Gasteiger partial charge is 0.451 e. The van der Waals surface area contributed by atoms with Crippen LogP contribution in [0.2, 0.25) is 5.02 Å². The van der Waals surface area contributed by atoms with Crippen molar-refractivity contribution in [3.63, 3.8) is 0 Å². The van der Waals surface area contributed by atoms with Crippen LogP contribution < -0.4 is 5.32 Å². The lowest BCUT2D eigenvalue weighted by Gasteiger charge is -2.03. The Kier molecular flexibility index (Phi) is 4.77. The van der Waals surface area contributed by atoms with Crippen LogP contribution in [0.1, 0.15) is 20.9 Å². The number of nitrogens with one attached hydrogen (secondary N) is 1. The predicted octanol–water partition coefficient (Wildman–Crippen LogP) is 4.21. The number of hydrogen-bond acceptors (Lipinski definition) is 3. The molecule has 3 aromatic rings. The number of Topliss-reactive ketones (excluding diaryl/α,β-unsaturated/α-hetero) is 1. The van der Waals surface area contributed by atoms with Crippen LogP contribution in [-0.2, 0) is 0 Å². The van der Waals surface area contributed by atoms with E-state index in [1.165, 1.54) is 0 Å². The maximum Gasteiger partial charge on any atom is 0.287 e. The summed E-state index contributed by atoms with van der Waals surface area (Å²) in [4.78, 5) is 24.1. The minimum Gasteiger partial charge on any atom is -0.451 e. The first-order chi connectivity index (χ1) is 11.6. The molecule has 3 rings (SSSR count). The van der Waals surface area contributed by atoms with Crippen LogP contribution in [0, 0.1) is 0 Å². The van der Waals surface area contributed by atoms with Crippen LogP contribution in [0.25, 0.3) is 11.3 Å². The summed E-state index contributed by atoms with van der Waals surface area (Å²) < 4.78 is 5.54. The fraction of sp³-hybridized carbons (Fsp3) is 0.0526. The molecular formula is C19H14ClNO3. The van der Waals surface area contributed by atoms with Crippen molar-refractivity contribution in [2.45, 2.75) is 0 Å². The molecule has 0 spiro atoms. The molecule has 5 heteroatoms.